The number of benzene rings is 2. The Balaban J connectivity index is 2.13. The lowest BCUT2D eigenvalue weighted by Crippen LogP contribution is -2.15. The predicted octanol–water partition coefficient (Wildman–Crippen LogP) is 2.86. The molecule has 0 radical (unpaired) electrons. The van der Waals surface area contributed by atoms with Crippen LogP contribution in [0.5, 0.6) is 5.88 Å². The molecule has 3 aromatic rings. The molecular weight excluding hydrogens is 266 g/mol. The van der Waals surface area contributed by atoms with E-state index in [1.54, 1.807) is 30.3 Å². The summed E-state index contributed by atoms with van der Waals surface area (Å²) in [6.45, 7) is 2.69. The summed E-state index contributed by atoms with van der Waals surface area (Å²) in [5.41, 5.74) is 1.86. The summed E-state index contributed by atoms with van der Waals surface area (Å²) in [6, 6.07) is 14.4. The lowest BCUT2D eigenvalue weighted by molar-refractivity contribution is 0.0949. The van der Waals surface area contributed by atoms with Gasteiger partial charge < -0.3 is 10.4 Å². The van der Waals surface area contributed by atoms with E-state index in [1.165, 1.54) is 4.68 Å². The maximum Gasteiger partial charge on any atom is 0.280 e. The summed E-state index contributed by atoms with van der Waals surface area (Å²) in [6.07, 6.45) is 0. The number of rotatable bonds is 3. The van der Waals surface area contributed by atoms with E-state index in [2.05, 4.69) is 10.4 Å². The van der Waals surface area contributed by atoms with Crippen LogP contribution in [0.25, 0.3) is 10.9 Å². The van der Waals surface area contributed by atoms with Gasteiger partial charge in [-0.1, -0.05) is 24.3 Å². The number of aromatic nitrogens is 2. The Labute approximate surface area is 121 Å². The summed E-state index contributed by atoms with van der Waals surface area (Å²) in [5.74, 6) is -0.414. The highest BCUT2D eigenvalue weighted by molar-refractivity contribution is 6.05. The molecule has 0 aliphatic carbocycles. The summed E-state index contributed by atoms with van der Waals surface area (Å²) in [4.78, 5) is 12.7. The molecule has 1 aromatic heterocycles. The third-order valence-electron chi connectivity index (χ3n) is 3.28. The molecule has 3 rings (SSSR count). The van der Waals surface area contributed by atoms with Gasteiger partial charge in [-0.25, -0.2) is 0 Å². The maximum absolute atomic E-state index is 12.7. The fourth-order valence-electron chi connectivity index (χ4n) is 2.33. The molecule has 0 fully saturated rings. The van der Waals surface area contributed by atoms with E-state index < -0.39 is 0 Å². The van der Waals surface area contributed by atoms with Gasteiger partial charge in [-0.05, 0) is 31.2 Å². The number of nitrogens with one attached hydrogen (secondary N) is 1. The van der Waals surface area contributed by atoms with Gasteiger partial charge in [0, 0.05) is 12.2 Å². The Morgan fingerprint density at radius 2 is 1.90 bits per heavy atom. The van der Waals surface area contributed by atoms with Gasteiger partial charge in [-0.15, -0.1) is 5.10 Å². The van der Waals surface area contributed by atoms with Crippen LogP contribution in [0.3, 0.4) is 0 Å². The first-order valence-corrected chi connectivity index (χ1v) is 6.76. The van der Waals surface area contributed by atoms with Crippen molar-refractivity contribution in [3.63, 3.8) is 0 Å². The second-order valence-electron chi connectivity index (χ2n) is 4.63. The van der Waals surface area contributed by atoms with Crippen LogP contribution >= 0.6 is 0 Å². The molecule has 2 N–H and O–H groups in total. The molecule has 1 heterocycles. The minimum Gasteiger partial charge on any atom is -0.492 e. The molecule has 0 atom stereocenters. The molecule has 0 bridgehead atoms. The number of para-hydroxylation sites is 2. The van der Waals surface area contributed by atoms with E-state index in [4.69, 9.17) is 0 Å². The van der Waals surface area contributed by atoms with Gasteiger partial charge in [0.05, 0.1) is 16.5 Å². The van der Waals surface area contributed by atoms with Crippen LogP contribution in [0.2, 0.25) is 0 Å². The number of nitrogens with zero attached hydrogens (tertiary/aromatic N) is 2. The zero-order valence-electron chi connectivity index (χ0n) is 11.6. The smallest absolute Gasteiger partial charge is 0.280 e. The average molecular weight is 281 g/mol. The van der Waals surface area contributed by atoms with E-state index >= 15 is 0 Å². The summed E-state index contributed by atoms with van der Waals surface area (Å²) < 4.78 is 1.24. The van der Waals surface area contributed by atoms with Crippen LogP contribution in [0.4, 0.5) is 5.69 Å². The van der Waals surface area contributed by atoms with E-state index in [9.17, 15) is 9.90 Å². The second kappa shape index (κ2) is 5.28. The largest absolute Gasteiger partial charge is 0.492 e. The number of anilines is 1. The van der Waals surface area contributed by atoms with E-state index in [0.717, 1.165) is 12.2 Å². The average Bonchev–Trinajstić information content (AvgIpc) is 2.85. The highest BCUT2D eigenvalue weighted by Gasteiger charge is 2.18. The predicted molar refractivity (Wildman–Crippen MR) is 81.7 cm³/mol. The Morgan fingerprint density at radius 1 is 1.19 bits per heavy atom. The summed E-state index contributed by atoms with van der Waals surface area (Å²) in [5, 5.41) is 17.5. The van der Waals surface area contributed by atoms with Crippen molar-refractivity contribution < 1.29 is 9.90 Å². The molecule has 5 heteroatoms. The van der Waals surface area contributed by atoms with Crippen molar-refractivity contribution in [3.8, 4) is 5.88 Å². The Kier molecular flexibility index (Phi) is 3.31. The molecule has 0 aliphatic heterocycles. The fourth-order valence-corrected chi connectivity index (χ4v) is 2.33. The molecule has 0 aliphatic rings. The standard InChI is InChI=1S/C16H15N3O2/c1-2-17-13-9-5-3-7-11(13)16(21)19-14-10-6-4-8-12(14)15(20)18-19/h3-10,17H,2H2,1H3,(H,18,20). The van der Waals surface area contributed by atoms with Crippen molar-refractivity contribution in [2.45, 2.75) is 6.92 Å². The first-order valence-electron chi connectivity index (χ1n) is 6.76. The third-order valence-corrected chi connectivity index (χ3v) is 3.28. The molecule has 0 unspecified atom stereocenters. The van der Waals surface area contributed by atoms with Crippen molar-refractivity contribution in [2.75, 3.05) is 11.9 Å². The van der Waals surface area contributed by atoms with Gasteiger partial charge in [-0.2, -0.15) is 4.68 Å². The van der Waals surface area contributed by atoms with Crippen molar-refractivity contribution in [3.05, 3.63) is 54.1 Å². The number of hydrogen-bond donors (Lipinski definition) is 2. The number of carbonyl (C=O) groups excluding carboxylic acids is 1. The lowest BCUT2D eigenvalue weighted by Gasteiger charge is -2.09. The van der Waals surface area contributed by atoms with Gasteiger partial charge >= 0.3 is 0 Å². The monoisotopic (exact) mass is 281 g/mol. The molecule has 106 valence electrons. The number of carbonyl (C=O) groups is 1. The molecule has 0 saturated carbocycles. The summed E-state index contributed by atoms with van der Waals surface area (Å²) in [7, 11) is 0. The highest BCUT2D eigenvalue weighted by Crippen LogP contribution is 2.25. The van der Waals surface area contributed by atoms with E-state index in [-0.39, 0.29) is 11.8 Å². The van der Waals surface area contributed by atoms with Gasteiger partial charge in [-0.3, -0.25) is 4.79 Å². The van der Waals surface area contributed by atoms with Crippen molar-refractivity contribution in [1.82, 2.24) is 9.78 Å². The number of fused-ring (bicyclic) bond motifs is 1. The minimum atomic E-state index is -0.275. The van der Waals surface area contributed by atoms with Crippen LogP contribution in [0.1, 0.15) is 17.3 Å². The zero-order chi connectivity index (χ0) is 14.8. The quantitative estimate of drug-likeness (QED) is 0.774. The Hall–Kier alpha value is -2.82. The maximum atomic E-state index is 12.7. The zero-order valence-corrected chi connectivity index (χ0v) is 11.6. The highest BCUT2D eigenvalue weighted by atomic mass is 16.3. The van der Waals surface area contributed by atoms with Crippen molar-refractivity contribution >= 4 is 22.5 Å². The third kappa shape index (κ3) is 2.23. The van der Waals surface area contributed by atoms with Crippen LogP contribution in [0.15, 0.2) is 48.5 Å². The lowest BCUT2D eigenvalue weighted by atomic mass is 10.1. The van der Waals surface area contributed by atoms with Crippen LogP contribution < -0.4 is 5.32 Å². The van der Waals surface area contributed by atoms with Crippen LogP contribution in [-0.2, 0) is 0 Å². The topological polar surface area (TPSA) is 67.2 Å². The SMILES string of the molecule is CCNc1ccccc1C(=O)n1nc(O)c2ccccc21. The molecule has 5 nitrogen and oxygen atoms in total. The fraction of sp³-hybridized carbons (Fsp3) is 0.125. The summed E-state index contributed by atoms with van der Waals surface area (Å²) >= 11 is 0. The van der Waals surface area contributed by atoms with Crippen LogP contribution in [-0.4, -0.2) is 27.3 Å². The Bertz CT molecular complexity index is 808. The number of hydrogen-bond acceptors (Lipinski definition) is 4. The molecule has 0 amide bonds. The Morgan fingerprint density at radius 3 is 2.71 bits per heavy atom. The van der Waals surface area contributed by atoms with Crippen LogP contribution in [0, 0.1) is 0 Å². The molecule has 21 heavy (non-hydrogen) atoms. The normalized spacial score (nSPS) is 10.7. The molecule has 0 spiro atoms. The first kappa shape index (κ1) is 13.2. The molecular formula is C16H15N3O2. The van der Waals surface area contributed by atoms with Gasteiger partial charge in [0.2, 0.25) is 5.88 Å². The van der Waals surface area contributed by atoms with E-state index in [0.29, 0.717) is 16.5 Å². The van der Waals surface area contributed by atoms with Gasteiger partial charge in [0.25, 0.3) is 5.91 Å². The van der Waals surface area contributed by atoms with Crippen molar-refractivity contribution in [1.29, 1.82) is 0 Å². The first-order chi connectivity index (χ1) is 10.2. The van der Waals surface area contributed by atoms with Gasteiger partial charge in [0.1, 0.15) is 0 Å². The van der Waals surface area contributed by atoms with Crippen molar-refractivity contribution in [2.24, 2.45) is 0 Å². The second-order valence-corrected chi connectivity index (χ2v) is 4.63. The molecule has 2 aromatic carbocycles. The molecule has 0 saturated heterocycles. The number of aromatic hydroxyl groups is 1. The van der Waals surface area contributed by atoms with E-state index in [1.807, 2.05) is 25.1 Å². The van der Waals surface area contributed by atoms with Gasteiger partial charge in [0.15, 0.2) is 0 Å². The minimum absolute atomic E-state index is 0.139.